The molecule has 0 aliphatic heterocycles. The predicted octanol–water partition coefficient (Wildman–Crippen LogP) is 3.82. The zero-order chi connectivity index (χ0) is 16.0. The quantitative estimate of drug-likeness (QED) is 0.528. The fourth-order valence-electron chi connectivity index (χ4n) is 3.15. The van der Waals surface area contributed by atoms with Crippen LogP contribution in [0.15, 0.2) is 59.5 Å². The van der Waals surface area contributed by atoms with E-state index in [0.717, 1.165) is 11.1 Å². The van der Waals surface area contributed by atoms with Crippen LogP contribution in [0.1, 0.15) is 16.7 Å². The van der Waals surface area contributed by atoms with Gasteiger partial charge in [-0.25, -0.2) is 4.57 Å². The van der Waals surface area contributed by atoms with Crippen molar-refractivity contribution >= 4 is 11.1 Å². The number of fused-ring (bicyclic) bond motifs is 1. The molecule has 4 nitrogen and oxygen atoms in total. The van der Waals surface area contributed by atoms with Gasteiger partial charge in [0.25, 0.3) is 0 Å². The average Bonchev–Trinajstić information content (AvgIpc) is 3.12. The van der Waals surface area contributed by atoms with Crippen LogP contribution in [-0.4, -0.2) is 9.55 Å². The SMILES string of the molecule is Cc1cc(C)c(-n2cc[n+](-c3nc4ccccc4o3)c2)c(C)c1. The molecule has 0 radical (unpaired) electrons. The molecular formula is C19H18N3O+. The Bertz CT molecular complexity index is 954. The smallest absolute Gasteiger partial charge is 0.397 e. The third-order valence-electron chi connectivity index (χ3n) is 4.03. The summed E-state index contributed by atoms with van der Waals surface area (Å²) in [7, 11) is 0. The van der Waals surface area contributed by atoms with Crippen molar-refractivity contribution in [2.24, 2.45) is 0 Å². The number of para-hydroxylation sites is 2. The first kappa shape index (κ1) is 13.8. The maximum Gasteiger partial charge on any atom is 0.444 e. The Labute approximate surface area is 134 Å². The molecule has 23 heavy (non-hydrogen) atoms. The summed E-state index contributed by atoms with van der Waals surface area (Å²) >= 11 is 0. The van der Waals surface area contributed by atoms with E-state index in [1.807, 2.05) is 47.6 Å². The first-order valence-electron chi connectivity index (χ1n) is 7.65. The number of aryl methyl sites for hydroxylation is 3. The lowest BCUT2D eigenvalue weighted by Gasteiger charge is -2.08. The predicted molar refractivity (Wildman–Crippen MR) is 89.1 cm³/mol. The minimum Gasteiger partial charge on any atom is -0.397 e. The third kappa shape index (κ3) is 2.32. The lowest BCUT2D eigenvalue weighted by atomic mass is 10.1. The van der Waals surface area contributed by atoms with Gasteiger partial charge in [0.05, 0.1) is 6.20 Å². The summed E-state index contributed by atoms with van der Waals surface area (Å²) in [4.78, 5) is 4.53. The van der Waals surface area contributed by atoms with Gasteiger partial charge in [0.15, 0.2) is 11.1 Å². The largest absolute Gasteiger partial charge is 0.444 e. The molecule has 0 saturated heterocycles. The minimum atomic E-state index is 0.576. The lowest BCUT2D eigenvalue weighted by molar-refractivity contribution is -0.611. The Balaban J connectivity index is 1.80. The molecule has 0 saturated carbocycles. The van der Waals surface area contributed by atoms with Crippen LogP contribution in [0.5, 0.6) is 0 Å². The molecule has 0 aliphatic rings. The normalized spacial score (nSPS) is 11.3. The van der Waals surface area contributed by atoms with Crippen molar-refractivity contribution in [1.29, 1.82) is 0 Å². The highest BCUT2D eigenvalue weighted by Gasteiger charge is 2.17. The van der Waals surface area contributed by atoms with Crippen LogP contribution in [0.2, 0.25) is 0 Å². The molecule has 0 N–H and O–H groups in total. The zero-order valence-electron chi connectivity index (χ0n) is 13.4. The molecule has 2 aromatic heterocycles. The van der Waals surface area contributed by atoms with Gasteiger partial charge >= 0.3 is 6.01 Å². The lowest BCUT2D eigenvalue weighted by Crippen LogP contribution is -2.27. The molecule has 114 valence electrons. The number of imidazole rings is 1. The van der Waals surface area contributed by atoms with Gasteiger partial charge in [-0.2, -0.15) is 4.57 Å². The molecule has 4 aromatic rings. The van der Waals surface area contributed by atoms with Gasteiger partial charge in [-0.05, 0) is 44.0 Å². The molecule has 0 fully saturated rings. The number of aromatic nitrogens is 3. The van der Waals surface area contributed by atoms with E-state index in [-0.39, 0.29) is 0 Å². The second-order valence-electron chi connectivity index (χ2n) is 5.94. The average molecular weight is 304 g/mol. The molecule has 0 atom stereocenters. The van der Waals surface area contributed by atoms with Crippen molar-refractivity contribution in [3.63, 3.8) is 0 Å². The van der Waals surface area contributed by atoms with Crippen molar-refractivity contribution in [1.82, 2.24) is 9.55 Å². The Morgan fingerprint density at radius 2 is 1.78 bits per heavy atom. The van der Waals surface area contributed by atoms with E-state index in [4.69, 9.17) is 4.42 Å². The van der Waals surface area contributed by atoms with E-state index in [9.17, 15) is 0 Å². The molecule has 4 heteroatoms. The van der Waals surface area contributed by atoms with E-state index in [1.54, 1.807) is 0 Å². The van der Waals surface area contributed by atoms with Gasteiger partial charge in [-0.3, -0.25) is 0 Å². The highest BCUT2D eigenvalue weighted by atomic mass is 16.4. The monoisotopic (exact) mass is 304 g/mol. The number of hydrogen-bond acceptors (Lipinski definition) is 2. The zero-order valence-corrected chi connectivity index (χ0v) is 13.4. The number of benzene rings is 2. The number of oxazole rings is 1. The third-order valence-corrected chi connectivity index (χ3v) is 4.03. The summed E-state index contributed by atoms with van der Waals surface area (Å²) in [6.45, 7) is 6.40. The molecule has 2 aromatic carbocycles. The van der Waals surface area contributed by atoms with Crippen molar-refractivity contribution in [2.75, 3.05) is 0 Å². The van der Waals surface area contributed by atoms with Crippen molar-refractivity contribution in [2.45, 2.75) is 20.8 Å². The van der Waals surface area contributed by atoms with Gasteiger partial charge in [-0.15, -0.1) is 0 Å². The van der Waals surface area contributed by atoms with E-state index < -0.39 is 0 Å². The van der Waals surface area contributed by atoms with Gasteiger partial charge in [0.1, 0.15) is 11.9 Å². The number of rotatable bonds is 2. The van der Waals surface area contributed by atoms with Crippen LogP contribution in [0.25, 0.3) is 22.8 Å². The molecule has 2 heterocycles. The molecule has 0 spiro atoms. The van der Waals surface area contributed by atoms with Crippen LogP contribution >= 0.6 is 0 Å². The summed E-state index contributed by atoms with van der Waals surface area (Å²) in [5.74, 6) is 0. The summed E-state index contributed by atoms with van der Waals surface area (Å²) < 4.78 is 9.83. The van der Waals surface area contributed by atoms with Crippen molar-refractivity contribution in [3.05, 3.63) is 71.8 Å². The van der Waals surface area contributed by atoms with Crippen LogP contribution in [0.4, 0.5) is 0 Å². The Hall–Kier alpha value is -2.88. The molecule has 0 unspecified atom stereocenters. The summed E-state index contributed by atoms with van der Waals surface area (Å²) in [5, 5.41) is 0. The van der Waals surface area contributed by atoms with E-state index in [1.165, 1.54) is 22.4 Å². The second kappa shape index (κ2) is 5.09. The highest BCUT2D eigenvalue weighted by molar-refractivity contribution is 5.72. The fourth-order valence-corrected chi connectivity index (χ4v) is 3.15. The fraction of sp³-hybridized carbons (Fsp3) is 0.158. The van der Waals surface area contributed by atoms with Crippen LogP contribution < -0.4 is 4.57 Å². The molecule has 4 rings (SSSR count). The Morgan fingerprint density at radius 3 is 2.52 bits per heavy atom. The summed E-state index contributed by atoms with van der Waals surface area (Å²) in [5.41, 5.74) is 6.65. The maximum absolute atomic E-state index is 5.82. The second-order valence-corrected chi connectivity index (χ2v) is 5.94. The van der Waals surface area contributed by atoms with E-state index in [2.05, 4.69) is 42.5 Å². The van der Waals surface area contributed by atoms with Crippen molar-refractivity contribution < 1.29 is 8.98 Å². The standard InChI is InChI=1S/C19H18N3O/c1-13-10-14(2)18(15(3)11-13)21-8-9-22(12-21)19-20-16-6-4-5-7-17(16)23-19/h4-12H,1-3H3/q+1. The number of nitrogens with zero attached hydrogens (tertiary/aromatic N) is 3. The minimum absolute atomic E-state index is 0.576. The molecule has 0 aliphatic carbocycles. The number of hydrogen-bond donors (Lipinski definition) is 0. The van der Waals surface area contributed by atoms with E-state index in [0.29, 0.717) is 6.01 Å². The topological polar surface area (TPSA) is 34.8 Å². The molecule has 0 bridgehead atoms. The van der Waals surface area contributed by atoms with Gasteiger partial charge in [-0.1, -0.05) is 34.8 Å². The molecule has 0 amide bonds. The van der Waals surface area contributed by atoms with Gasteiger partial charge in [0, 0.05) is 0 Å². The van der Waals surface area contributed by atoms with Crippen LogP contribution in [-0.2, 0) is 0 Å². The van der Waals surface area contributed by atoms with Gasteiger partial charge in [0.2, 0.25) is 6.33 Å². The first-order valence-corrected chi connectivity index (χ1v) is 7.65. The first-order chi connectivity index (χ1) is 11.1. The van der Waals surface area contributed by atoms with Crippen LogP contribution in [0, 0.1) is 20.8 Å². The highest BCUT2D eigenvalue weighted by Crippen LogP contribution is 2.21. The summed E-state index contributed by atoms with van der Waals surface area (Å²) in [6.07, 6.45) is 5.98. The van der Waals surface area contributed by atoms with Gasteiger partial charge < -0.3 is 4.42 Å². The van der Waals surface area contributed by atoms with Crippen LogP contribution in [0.3, 0.4) is 0 Å². The maximum atomic E-state index is 5.82. The van der Waals surface area contributed by atoms with E-state index >= 15 is 0 Å². The molecular weight excluding hydrogens is 286 g/mol. The van der Waals surface area contributed by atoms with Crippen molar-refractivity contribution in [3.8, 4) is 11.7 Å². The Morgan fingerprint density at radius 1 is 1.04 bits per heavy atom. The Kier molecular flexibility index (Phi) is 3.05. The summed E-state index contributed by atoms with van der Waals surface area (Å²) in [6, 6.07) is 12.8.